The molecule has 34 heavy (non-hydrogen) atoms. The molecule has 0 atom stereocenters. The first-order valence-corrected chi connectivity index (χ1v) is 13.6. The summed E-state index contributed by atoms with van der Waals surface area (Å²) >= 11 is 0. The fourth-order valence-electron chi connectivity index (χ4n) is 4.33. The van der Waals surface area contributed by atoms with Crippen LogP contribution < -0.4 is 10.0 Å². The van der Waals surface area contributed by atoms with Gasteiger partial charge in [0.05, 0.1) is 22.4 Å². The highest BCUT2D eigenvalue weighted by Crippen LogP contribution is 2.34. The first-order valence-electron chi connectivity index (χ1n) is 12.1. The Morgan fingerprint density at radius 3 is 2.50 bits per heavy atom. The van der Waals surface area contributed by atoms with E-state index in [9.17, 15) is 13.5 Å². The molecule has 4 rings (SSSR count). The van der Waals surface area contributed by atoms with Crippen LogP contribution in [0.5, 0.6) is 0 Å². The van der Waals surface area contributed by atoms with Crippen LogP contribution in [0.25, 0.3) is 22.3 Å². The lowest BCUT2D eigenvalue weighted by Crippen LogP contribution is -2.30. The molecule has 1 aromatic carbocycles. The van der Waals surface area contributed by atoms with Gasteiger partial charge >= 0.3 is 0 Å². The number of nitrogens with zero attached hydrogens (tertiary/aromatic N) is 4. The topological polar surface area (TPSA) is 122 Å². The van der Waals surface area contributed by atoms with Crippen LogP contribution in [0.1, 0.15) is 65.3 Å². The molecule has 10 heteroatoms. The van der Waals surface area contributed by atoms with Gasteiger partial charge in [0.15, 0.2) is 5.65 Å². The Labute approximate surface area is 201 Å². The fourth-order valence-corrected chi connectivity index (χ4v) is 5.58. The molecule has 9 nitrogen and oxygen atoms in total. The van der Waals surface area contributed by atoms with E-state index < -0.39 is 10.0 Å². The number of hydrogen-bond donors (Lipinski definition) is 3. The Morgan fingerprint density at radius 1 is 1.15 bits per heavy atom. The molecular formula is C24H34N6O3S. The summed E-state index contributed by atoms with van der Waals surface area (Å²) in [6.45, 7) is 6.53. The monoisotopic (exact) mass is 486 g/mol. The van der Waals surface area contributed by atoms with Crippen molar-refractivity contribution in [2.45, 2.75) is 82.4 Å². The summed E-state index contributed by atoms with van der Waals surface area (Å²) in [4.78, 5) is 9.51. The minimum Gasteiger partial charge on any atom is -0.393 e. The minimum absolute atomic E-state index is 0.146. The largest absolute Gasteiger partial charge is 0.393 e. The van der Waals surface area contributed by atoms with E-state index in [0.29, 0.717) is 5.95 Å². The van der Waals surface area contributed by atoms with Crippen molar-refractivity contribution in [3.63, 3.8) is 0 Å². The van der Waals surface area contributed by atoms with E-state index in [1.54, 1.807) is 44.3 Å². The van der Waals surface area contributed by atoms with Gasteiger partial charge in [-0.15, -0.1) is 0 Å². The molecule has 0 amide bonds. The number of aliphatic hydroxyl groups excluding tert-OH is 1. The summed E-state index contributed by atoms with van der Waals surface area (Å²) < 4.78 is 29.6. The summed E-state index contributed by atoms with van der Waals surface area (Å²) in [5.41, 5.74) is 2.28. The first kappa shape index (κ1) is 24.6. The number of rotatable bonds is 9. The van der Waals surface area contributed by atoms with E-state index >= 15 is 0 Å². The van der Waals surface area contributed by atoms with Crippen LogP contribution in [0.15, 0.2) is 35.4 Å². The van der Waals surface area contributed by atoms with E-state index in [2.05, 4.69) is 21.9 Å². The van der Waals surface area contributed by atoms with Crippen molar-refractivity contribution in [2.75, 3.05) is 11.9 Å². The number of hydrogen-bond acceptors (Lipinski definition) is 7. The first-order chi connectivity index (χ1) is 16.3. The second-order valence-corrected chi connectivity index (χ2v) is 11.0. The summed E-state index contributed by atoms with van der Waals surface area (Å²) in [5.74, 6) is 0.575. The van der Waals surface area contributed by atoms with Crippen LogP contribution >= 0.6 is 0 Å². The quantitative estimate of drug-likeness (QED) is 0.393. The third kappa shape index (κ3) is 5.39. The van der Waals surface area contributed by atoms with Crippen molar-refractivity contribution >= 4 is 27.0 Å². The summed E-state index contributed by atoms with van der Waals surface area (Å²) in [6.07, 6.45) is 6.79. The molecule has 0 unspecified atom stereocenters. The second kappa shape index (κ2) is 10.4. The molecule has 0 bridgehead atoms. The average Bonchev–Trinajstić information content (AvgIpc) is 3.18. The van der Waals surface area contributed by atoms with E-state index in [1.165, 1.54) is 0 Å². The zero-order valence-corrected chi connectivity index (χ0v) is 20.8. The van der Waals surface area contributed by atoms with Crippen LogP contribution in [0.2, 0.25) is 0 Å². The van der Waals surface area contributed by atoms with Gasteiger partial charge in [-0.3, -0.25) is 0 Å². The molecule has 2 heterocycles. The molecule has 0 radical (unpaired) electrons. The van der Waals surface area contributed by atoms with Crippen molar-refractivity contribution in [3.8, 4) is 11.3 Å². The highest BCUT2D eigenvalue weighted by atomic mass is 32.2. The highest BCUT2D eigenvalue weighted by molar-refractivity contribution is 7.89. The van der Waals surface area contributed by atoms with Crippen LogP contribution in [-0.4, -0.2) is 52.0 Å². The van der Waals surface area contributed by atoms with Crippen molar-refractivity contribution < 1.29 is 13.5 Å². The number of aromatic nitrogens is 4. The molecule has 3 aromatic rings. The molecule has 0 spiro atoms. The predicted molar refractivity (Wildman–Crippen MR) is 133 cm³/mol. The lowest BCUT2D eigenvalue weighted by molar-refractivity contribution is 0.109. The summed E-state index contributed by atoms with van der Waals surface area (Å²) in [6, 6.07) is 6.72. The Kier molecular flexibility index (Phi) is 7.49. The fraction of sp³-hybridized carbons (Fsp3) is 0.542. The van der Waals surface area contributed by atoms with Gasteiger partial charge in [0.25, 0.3) is 0 Å². The van der Waals surface area contributed by atoms with E-state index in [-0.39, 0.29) is 23.1 Å². The molecule has 1 aliphatic rings. The average molecular weight is 487 g/mol. The number of aliphatic hydroxyl groups is 1. The van der Waals surface area contributed by atoms with Gasteiger partial charge in [0.1, 0.15) is 5.69 Å². The summed E-state index contributed by atoms with van der Waals surface area (Å²) in [5, 5.41) is 19.0. The van der Waals surface area contributed by atoms with E-state index in [4.69, 9.17) is 10.1 Å². The molecule has 1 saturated carbocycles. The smallest absolute Gasteiger partial charge is 0.240 e. The molecule has 1 fully saturated rings. The van der Waals surface area contributed by atoms with Gasteiger partial charge in [0.2, 0.25) is 16.0 Å². The Hall–Kier alpha value is -2.56. The molecule has 3 N–H and O–H groups in total. The third-order valence-corrected chi connectivity index (χ3v) is 7.78. The maximum absolute atomic E-state index is 12.5. The lowest BCUT2D eigenvalue weighted by Gasteiger charge is -2.25. The zero-order chi connectivity index (χ0) is 24.3. The zero-order valence-electron chi connectivity index (χ0n) is 20.0. The van der Waals surface area contributed by atoms with Crippen molar-refractivity contribution in [3.05, 3.63) is 30.5 Å². The van der Waals surface area contributed by atoms with Gasteiger partial charge in [-0.05, 0) is 58.1 Å². The third-order valence-electron chi connectivity index (χ3n) is 6.10. The number of fused-ring (bicyclic) bond motifs is 1. The Balaban J connectivity index is 1.72. The summed E-state index contributed by atoms with van der Waals surface area (Å²) in [7, 11) is -3.57. The maximum Gasteiger partial charge on any atom is 0.240 e. The van der Waals surface area contributed by atoms with Crippen LogP contribution in [0.4, 0.5) is 5.95 Å². The highest BCUT2D eigenvalue weighted by Gasteiger charge is 2.26. The molecule has 1 aliphatic carbocycles. The Bertz CT molecular complexity index is 1220. The number of benzene rings is 1. The van der Waals surface area contributed by atoms with Gasteiger partial charge in [0, 0.05) is 24.3 Å². The van der Waals surface area contributed by atoms with Gasteiger partial charge in [-0.2, -0.15) is 10.1 Å². The van der Waals surface area contributed by atoms with Crippen LogP contribution in [0, 0.1) is 0 Å². The minimum atomic E-state index is -3.57. The molecular weight excluding hydrogens is 452 g/mol. The lowest BCUT2D eigenvalue weighted by atomic mass is 9.93. The molecule has 0 aliphatic heterocycles. The standard InChI is InChI=1S/C24H34N6O3S/c1-4-5-14-25-24-26-15-21-22(17-6-12-20(13-7-17)34(32,33)29-16(2)3)28-30(23(21)27-24)18-8-10-19(31)11-9-18/h6-7,12-13,15-16,18-19,29,31H,4-5,8-11,14H2,1-3H3,(H,25,26,27)/t18-,19+. The number of nitrogens with one attached hydrogen (secondary N) is 2. The SMILES string of the molecule is CCCCNc1ncc2c(-c3ccc(S(=O)(=O)NC(C)C)cc3)nn([C@H]3CC[C@@H](O)CC3)c2n1. The molecule has 2 aromatic heterocycles. The van der Waals surface area contributed by atoms with Crippen molar-refractivity contribution in [1.82, 2.24) is 24.5 Å². The maximum atomic E-state index is 12.5. The normalized spacial score (nSPS) is 19.1. The van der Waals surface area contributed by atoms with E-state index in [0.717, 1.165) is 67.4 Å². The van der Waals surface area contributed by atoms with E-state index in [1.807, 2.05) is 4.68 Å². The Morgan fingerprint density at radius 2 is 1.85 bits per heavy atom. The number of unbranched alkanes of at least 4 members (excludes halogenated alkanes) is 1. The van der Waals surface area contributed by atoms with Crippen LogP contribution in [-0.2, 0) is 10.0 Å². The molecule has 0 saturated heterocycles. The predicted octanol–water partition coefficient (Wildman–Crippen LogP) is 3.87. The van der Waals surface area contributed by atoms with Gasteiger partial charge in [-0.25, -0.2) is 22.8 Å². The second-order valence-electron chi connectivity index (χ2n) is 9.27. The number of sulfonamides is 1. The van der Waals surface area contributed by atoms with Crippen molar-refractivity contribution in [2.24, 2.45) is 0 Å². The van der Waals surface area contributed by atoms with Crippen molar-refractivity contribution in [1.29, 1.82) is 0 Å². The number of anilines is 1. The van der Waals surface area contributed by atoms with Crippen LogP contribution in [0.3, 0.4) is 0 Å². The molecule has 184 valence electrons. The van der Waals surface area contributed by atoms with Gasteiger partial charge < -0.3 is 10.4 Å². The van der Waals surface area contributed by atoms with Gasteiger partial charge in [-0.1, -0.05) is 25.5 Å².